The summed E-state index contributed by atoms with van der Waals surface area (Å²) in [4.78, 5) is 31.0. The summed E-state index contributed by atoms with van der Waals surface area (Å²) in [6.45, 7) is 6.59. The van der Waals surface area contributed by atoms with Gasteiger partial charge in [0.2, 0.25) is 6.79 Å². The minimum absolute atomic E-state index is 0.0369. The van der Waals surface area contributed by atoms with Crippen molar-refractivity contribution in [2.24, 2.45) is 16.3 Å². The van der Waals surface area contributed by atoms with E-state index in [1.54, 1.807) is 7.11 Å². The number of ketones is 1. The quantitative estimate of drug-likeness (QED) is 0.543. The van der Waals surface area contributed by atoms with Crippen LogP contribution in [-0.2, 0) is 19.1 Å². The Bertz CT molecular complexity index is 945. The van der Waals surface area contributed by atoms with E-state index in [0.29, 0.717) is 42.2 Å². The average molecular weight is 413 g/mol. The van der Waals surface area contributed by atoms with E-state index in [2.05, 4.69) is 13.8 Å². The fourth-order valence-electron chi connectivity index (χ4n) is 4.53. The summed E-state index contributed by atoms with van der Waals surface area (Å²) < 4.78 is 21.4. The number of ether oxygens (including phenoxy) is 4. The van der Waals surface area contributed by atoms with E-state index < -0.39 is 17.8 Å². The number of rotatable bonds is 5. The van der Waals surface area contributed by atoms with Crippen molar-refractivity contribution < 1.29 is 28.5 Å². The van der Waals surface area contributed by atoms with Gasteiger partial charge in [0.25, 0.3) is 0 Å². The summed E-state index contributed by atoms with van der Waals surface area (Å²) in [7, 11) is 1.55. The lowest BCUT2D eigenvalue weighted by Gasteiger charge is -2.39. The SMILES string of the molecule is COCCOC(=O)C1C(C)=NC2=C(C(=O)CC(C)(C)C2)[C@H]1c1ccc2c(c1)OCO2. The van der Waals surface area contributed by atoms with Crippen LogP contribution in [0, 0.1) is 11.3 Å². The third-order valence-corrected chi connectivity index (χ3v) is 5.84. The smallest absolute Gasteiger partial charge is 0.315 e. The zero-order valence-corrected chi connectivity index (χ0v) is 17.8. The summed E-state index contributed by atoms with van der Waals surface area (Å²) >= 11 is 0. The Morgan fingerprint density at radius 2 is 1.97 bits per heavy atom. The van der Waals surface area contributed by atoms with Crippen molar-refractivity contribution in [2.45, 2.75) is 39.5 Å². The Morgan fingerprint density at radius 3 is 2.73 bits per heavy atom. The number of methoxy groups -OCH3 is 1. The van der Waals surface area contributed by atoms with Crippen LogP contribution in [0.5, 0.6) is 11.5 Å². The summed E-state index contributed by atoms with van der Waals surface area (Å²) in [5, 5.41) is 0. The van der Waals surface area contributed by atoms with Gasteiger partial charge in [-0.15, -0.1) is 0 Å². The van der Waals surface area contributed by atoms with Gasteiger partial charge in [-0.05, 0) is 36.5 Å². The minimum Gasteiger partial charge on any atom is -0.463 e. The molecule has 0 spiro atoms. The van der Waals surface area contributed by atoms with Gasteiger partial charge in [0, 0.05) is 36.4 Å². The number of fused-ring (bicyclic) bond motifs is 1. The van der Waals surface area contributed by atoms with Crippen molar-refractivity contribution in [1.82, 2.24) is 0 Å². The predicted molar refractivity (Wildman–Crippen MR) is 110 cm³/mol. The third kappa shape index (κ3) is 3.74. The third-order valence-electron chi connectivity index (χ3n) is 5.84. The number of hydrogen-bond donors (Lipinski definition) is 0. The molecule has 1 aromatic carbocycles. The van der Waals surface area contributed by atoms with E-state index in [1.165, 1.54) is 0 Å². The Balaban J connectivity index is 1.79. The van der Waals surface area contributed by atoms with E-state index in [0.717, 1.165) is 11.3 Å². The standard InChI is InChI=1S/C23H27NO6/c1-13-19(22(26)28-8-7-27-4)20(14-5-6-17-18(9-14)30-12-29-17)21-15(24-13)10-23(2,3)11-16(21)25/h5-6,9,19-20H,7-8,10-12H2,1-4H3/t19?,20-/m0/s1. The normalized spacial score (nSPS) is 24.4. The first-order valence-electron chi connectivity index (χ1n) is 10.2. The van der Waals surface area contributed by atoms with Gasteiger partial charge >= 0.3 is 5.97 Å². The van der Waals surface area contributed by atoms with Gasteiger partial charge in [0.1, 0.15) is 12.5 Å². The second kappa shape index (κ2) is 7.87. The predicted octanol–water partition coefficient (Wildman–Crippen LogP) is 3.42. The van der Waals surface area contributed by atoms with Crippen molar-refractivity contribution in [2.75, 3.05) is 27.1 Å². The van der Waals surface area contributed by atoms with Gasteiger partial charge in [0.05, 0.1) is 6.61 Å². The molecule has 0 radical (unpaired) electrons. The van der Waals surface area contributed by atoms with E-state index >= 15 is 0 Å². The largest absolute Gasteiger partial charge is 0.463 e. The molecule has 1 aliphatic carbocycles. The second-order valence-electron chi connectivity index (χ2n) is 8.78. The van der Waals surface area contributed by atoms with E-state index in [-0.39, 0.29) is 24.6 Å². The van der Waals surface area contributed by atoms with Gasteiger partial charge < -0.3 is 18.9 Å². The number of Topliss-reactive ketones (excluding diaryl/α,β-unsaturated/α-hetero) is 1. The molecule has 0 saturated carbocycles. The highest BCUT2D eigenvalue weighted by molar-refractivity contribution is 6.09. The van der Waals surface area contributed by atoms with Gasteiger partial charge in [-0.25, -0.2) is 0 Å². The highest BCUT2D eigenvalue weighted by Gasteiger charge is 2.46. The molecule has 0 fully saturated rings. The molecule has 4 rings (SSSR count). The van der Waals surface area contributed by atoms with Crippen molar-refractivity contribution in [3.63, 3.8) is 0 Å². The lowest BCUT2D eigenvalue weighted by atomic mass is 9.67. The molecule has 0 saturated heterocycles. The topological polar surface area (TPSA) is 83.4 Å². The van der Waals surface area contributed by atoms with Crippen molar-refractivity contribution in [1.29, 1.82) is 0 Å². The van der Waals surface area contributed by atoms with Gasteiger partial charge in [-0.1, -0.05) is 19.9 Å². The van der Waals surface area contributed by atoms with Crippen LogP contribution in [-0.4, -0.2) is 44.6 Å². The molecular formula is C23H27NO6. The Labute approximate surface area is 176 Å². The number of nitrogens with zero attached hydrogens (tertiary/aromatic N) is 1. The lowest BCUT2D eigenvalue weighted by molar-refractivity contribution is -0.147. The molecule has 2 atom stereocenters. The highest BCUT2D eigenvalue weighted by Crippen LogP contribution is 2.49. The van der Waals surface area contributed by atoms with Crippen LogP contribution in [0.1, 0.15) is 45.1 Å². The lowest BCUT2D eigenvalue weighted by Crippen LogP contribution is -2.39. The van der Waals surface area contributed by atoms with Crippen molar-refractivity contribution >= 4 is 17.5 Å². The van der Waals surface area contributed by atoms with Crippen LogP contribution in [0.25, 0.3) is 0 Å². The van der Waals surface area contributed by atoms with Crippen LogP contribution in [0.3, 0.4) is 0 Å². The Morgan fingerprint density at radius 1 is 1.20 bits per heavy atom. The second-order valence-corrected chi connectivity index (χ2v) is 8.78. The molecule has 0 N–H and O–H groups in total. The molecule has 7 heteroatoms. The minimum atomic E-state index is -0.675. The summed E-state index contributed by atoms with van der Waals surface area (Å²) in [5.74, 6) is -0.235. The zero-order valence-electron chi connectivity index (χ0n) is 17.8. The van der Waals surface area contributed by atoms with Crippen LogP contribution in [0.15, 0.2) is 34.5 Å². The first kappa shape index (κ1) is 20.6. The number of carbonyl (C=O) groups is 2. The van der Waals surface area contributed by atoms with E-state index in [1.807, 2.05) is 25.1 Å². The molecule has 1 unspecified atom stereocenters. The summed E-state index contributed by atoms with van der Waals surface area (Å²) in [5.41, 5.74) is 2.71. The first-order valence-corrected chi connectivity index (χ1v) is 10.2. The molecule has 0 bridgehead atoms. The van der Waals surface area contributed by atoms with E-state index in [9.17, 15) is 9.59 Å². The van der Waals surface area contributed by atoms with Gasteiger partial charge in [-0.2, -0.15) is 0 Å². The monoisotopic (exact) mass is 413 g/mol. The number of hydrogen-bond acceptors (Lipinski definition) is 7. The maximum Gasteiger partial charge on any atom is 0.315 e. The highest BCUT2D eigenvalue weighted by atomic mass is 16.7. The molecule has 3 aliphatic rings. The molecule has 7 nitrogen and oxygen atoms in total. The first-order chi connectivity index (χ1) is 14.3. The number of allylic oxidation sites excluding steroid dienone is 2. The molecular weight excluding hydrogens is 386 g/mol. The molecule has 2 aliphatic heterocycles. The van der Waals surface area contributed by atoms with E-state index in [4.69, 9.17) is 23.9 Å². The number of aliphatic imine (C=N–C) groups is 1. The Kier molecular flexibility index (Phi) is 5.40. The molecule has 30 heavy (non-hydrogen) atoms. The Hall–Kier alpha value is -2.67. The fraction of sp³-hybridized carbons (Fsp3) is 0.522. The fourth-order valence-corrected chi connectivity index (χ4v) is 4.53. The number of carbonyl (C=O) groups excluding carboxylic acids is 2. The van der Waals surface area contributed by atoms with Crippen LogP contribution in [0.2, 0.25) is 0 Å². The van der Waals surface area contributed by atoms with Gasteiger partial charge in [-0.3, -0.25) is 14.6 Å². The summed E-state index contributed by atoms with van der Waals surface area (Å²) in [6.07, 6.45) is 1.12. The van der Waals surface area contributed by atoms with Crippen LogP contribution < -0.4 is 9.47 Å². The zero-order chi connectivity index (χ0) is 21.5. The van der Waals surface area contributed by atoms with Gasteiger partial charge in [0.15, 0.2) is 17.3 Å². The maximum absolute atomic E-state index is 13.2. The molecule has 2 heterocycles. The van der Waals surface area contributed by atoms with Crippen molar-refractivity contribution in [3.05, 3.63) is 35.0 Å². The maximum atomic E-state index is 13.2. The number of benzene rings is 1. The number of esters is 1. The molecule has 0 amide bonds. The molecule has 0 aromatic heterocycles. The average Bonchev–Trinajstić information content (AvgIpc) is 3.13. The van der Waals surface area contributed by atoms with Crippen molar-refractivity contribution in [3.8, 4) is 11.5 Å². The van der Waals surface area contributed by atoms with Crippen LogP contribution in [0.4, 0.5) is 0 Å². The molecule has 160 valence electrons. The summed E-state index contributed by atoms with van der Waals surface area (Å²) in [6, 6.07) is 5.58. The molecule has 1 aromatic rings. The van der Waals surface area contributed by atoms with Crippen LogP contribution >= 0.6 is 0 Å².